The van der Waals surface area contributed by atoms with Crippen LogP contribution in [0.3, 0.4) is 0 Å². The molecule has 1 aliphatic rings. The number of carbonyl (C=O) groups is 2. The second-order valence-corrected chi connectivity index (χ2v) is 4.78. The first-order valence-electron chi connectivity index (χ1n) is 6.32. The van der Waals surface area contributed by atoms with Gasteiger partial charge < -0.3 is 15.2 Å². The second-order valence-electron chi connectivity index (χ2n) is 4.78. The monoisotopic (exact) mass is 263 g/mol. The summed E-state index contributed by atoms with van der Waals surface area (Å²) in [4.78, 5) is 22.2. The van der Waals surface area contributed by atoms with Crippen LogP contribution in [0.25, 0.3) is 0 Å². The SMILES string of the molecule is O=C(O)Cc1cccc(NC(=O)COCC2CC2)c1. The van der Waals surface area contributed by atoms with Crippen molar-refractivity contribution in [1.29, 1.82) is 0 Å². The fourth-order valence-electron chi connectivity index (χ4n) is 1.73. The number of carboxylic acids is 1. The van der Waals surface area contributed by atoms with Crippen LogP contribution in [-0.2, 0) is 20.7 Å². The predicted molar refractivity (Wildman–Crippen MR) is 70.0 cm³/mol. The van der Waals surface area contributed by atoms with Gasteiger partial charge in [-0.15, -0.1) is 0 Å². The topological polar surface area (TPSA) is 75.6 Å². The summed E-state index contributed by atoms with van der Waals surface area (Å²) in [5, 5.41) is 11.4. The molecule has 5 heteroatoms. The molecule has 0 saturated heterocycles. The van der Waals surface area contributed by atoms with Crippen molar-refractivity contribution in [3.8, 4) is 0 Å². The molecule has 5 nitrogen and oxygen atoms in total. The maximum absolute atomic E-state index is 11.6. The largest absolute Gasteiger partial charge is 0.481 e. The number of hydrogen-bond acceptors (Lipinski definition) is 3. The van der Waals surface area contributed by atoms with E-state index >= 15 is 0 Å². The van der Waals surface area contributed by atoms with E-state index in [0.29, 0.717) is 23.8 Å². The summed E-state index contributed by atoms with van der Waals surface area (Å²) >= 11 is 0. The molecular weight excluding hydrogens is 246 g/mol. The van der Waals surface area contributed by atoms with E-state index in [1.54, 1.807) is 24.3 Å². The van der Waals surface area contributed by atoms with Crippen molar-refractivity contribution in [3.05, 3.63) is 29.8 Å². The molecule has 19 heavy (non-hydrogen) atoms. The van der Waals surface area contributed by atoms with Crippen molar-refractivity contribution >= 4 is 17.6 Å². The lowest BCUT2D eigenvalue weighted by molar-refractivity contribution is -0.136. The molecule has 1 saturated carbocycles. The Kier molecular flexibility index (Phi) is 4.52. The van der Waals surface area contributed by atoms with Gasteiger partial charge in [0.05, 0.1) is 13.0 Å². The Morgan fingerprint density at radius 2 is 2.16 bits per heavy atom. The van der Waals surface area contributed by atoms with Gasteiger partial charge in [-0.25, -0.2) is 0 Å². The smallest absolute Gasteiger partial charge is 0.307 e. The standard InChI is InChI=1S/C14H17NO4/c16-13(9-19-8-10-4-5-10)15-12-3-1-2-11(6-12)7-14(17)18/h1-3,6,10H,4-5,7-9H2,(H,15,16)(H,17,18). The van der Waals surface area contributed by atoms with Gasteiger partial charge in [0.25, 0.3) is 0 Å². The number of anilines is 1. The number of carbonyl (C=O) groups excluding carboxylic acids is 1. The molecule has 1 amide bonds. The highest BCUT2D eigenvalue weighted by Gasteiger charge is 2.21. The van der Waals surface area contributed by atoms with Crippen LogP contribution in [0.4, 0.5) is 5.69 Å². The minimum Gasteiger partial charge on any atom is -0.481 e. The van der Waals surface area contributed by atoms with Crippen LogP contribution in [0.2, 0.25) is 0 Å². The van der Waals surface area contributed by atoms with Crippen LogP contribution in [0.15, 0.2) is 24.3 Å². The van der Waals surface area contributed by atoms with Gasteiger partial charge in [0.2, 0.25) is 5.91 Å². The molecule has 0 spiro atoms. The third kappa shape index (κ3) is 5.09. The molecule has 0 radical (unpaired) electrons. The van der Waals surface area contributed by atoms with Gasteiger partial charge in [-0.05, 0) is 36.5 Å². The number of benzene rings is 1. The average molecular weight is 263 g/mol. The minimum absolute atomic E-state index is 0.0413. The first-order chi connectivity index (χ1) is 9.13. The molecule has 102 valence electrons. The van der Waals surface area contributed by atoms with Gasteiger partial charge in [0.1, 0.15) is 6.61 Å². The third-order valence-electron chi connectivity index (χ3n) is 2.85. The number of ether oxygens (including phenoxy) is 1. The summed E-state index contributed by atoms with van der Waals surface area (Å²) < 4.78 is 5.28. The van der Waals surface area contributed by atoms with Crippen molar-refractivity contribution in [2.75, 3.05) is 18.5 Å². The number of amides is 1. The van der Waals surface area contributed by atoms with E-state index in [9.17, 15) is 9.59 Å². The fourth-order valence-corrected chi connectivity index (χ4v) is 1.73. The fraction of sp³-hybridized carbons (Fsp3) is 0.429. The summed E-state index contributed by atoms with van der Waals surface area (Å²) in [7, 11) is 0. The van der Waals surface area contributed by atoms with Crippen molar-refractivity contribution in [1.82, 2.24) is 0 Å². The zero-order valence-corrected chi connectivity index (χ0v) is 10.6. The molecule has 2 N–H and O–H groups in total. The van der Waals surface area contributed by atoms with E-state index in [2.05, 4.69) is 5.32 Å². The summed E-state index contributed by atoms with van der Waals surface area (Å²) in [6.45, 7) is 0.687. The maximum atomic E-state index is 11.6. The van der Waals surface area contributed by atoms with Crippen LogP contribution in [-0.4, -0.2) is 30.2 Å². The minimum atomic E-state index is -0.892. The summed E-state index contributed by atoms with van der Waals surface area (Å²) in [5.74, 6) is -0.476. The molecule has 1 aromatic carbocycles. The normalized spacial score (nSPS) is 14.1. The molecule has 1 aliphatic carbocycles. The molecule has 0 aromatic heterocycles. The first kappa shape index (κ1) is 13.5. The van der Waals surface area contributed by atoms with Crippen LogP contribution in [0, 0.1) is 5.92 Å². The van der Waals surface area contributed by atoms with Crippen molar-refractivity contribution in [2.45, 2.75) is 19.3 Å². The number of nitrogens with one attached hydrogen (secondary N) is 1. The Hall–Kier alpha value is -1.88. The van der Waals surface area contributed by atoms with Crippen molar-refractivity contribution in [2.24, 2.45) is 5.92 Å². The van der Waals surface area contributed by atoms with Gasteiger partial charge in [-0.1, -0.05) is 12.1 Å². The first-order valence-corrected chi connectivity index (χ1v) is 6.32. The summed E-state index contributed by atoms with van der Waals surface area (Å²) in [6.07, 6.45) is 2.33. The Balaban J connectivity index is 1.79. The Labute approximate surface area is 111 Å². The van der Waals surface area contributed by atoms with Crippen molar-refractivity contribution < 1.29 is 19.4 Å². The molecule has 0 bridgehead atoms. The van der Waals surface area contributed by atoms with E-state index < -0.39 is 5.97 Å². The highest BCUT2D eigenvalue weighted by Crippen LogP contribution is 2.28. The van der Waals surface area contributed by atoms with Crippen molar-refractivity contribution in [3.63, 3.8) is 0 Å². The Morgan fingerprint density at radius 1 is 1.37 bits per heavy atom. The van der Waals surface area contributed by atoms with E-state index in [4.69, 9.17) is 9.84 Å². The van der Waals surface area contributed by atoms with Gasteiger partial charge in [-0.2, -0.15) is 0 Å². The van der Waals surface area contributed by atoms with E-state index in [-0.39, 0.29) is 18.9 Å². The molecule has 0 atom stereocenters. The summed E-state index contributed by atoms with van der Waals surface area (Å²) in [5.41, 5.74) is 1.25. The molecule has 0 heterocycles. The van der Waals surface area contributed by atoms with Gasteiger partial charge >= 0.3 is 5.97 Å². The highest BCUT2D eigenvalue weighted by molar-refractivity contribution is 5.91. The maximum Gasteiger partial charge on any atom is 0.307 e. The average Bonchev–Trinajstić information content (AvgIpc) is 3.12. The number of hydrogen-bond donors (Lipinski definition) is 2. The Bertz CT molecular complexity index is 468. The lowest BCUT2D eigenvalue weighted by Gasteiger charge is -2.07. The third-order valence-corrected chi connectivity index (χ3v) is 2.85. The highest BCUT2D eigenvalue weighted by atomic mass is 16.5. The summed E-state index contributed by atoms with van der Waals surface area (Å²) in [6, 6.07) is 6.82. The molecule has 0 unspecified atom stereocenters. The molecule has 1 aromatic rings. The number of carboxylic acid groups (broad SMARTS) is 1. The zero-order valence-electron chi connectivity index (χ0n) is 10.6. The Morgan fingerprint density at radius 3 is 2.84 bits per heavy atom. The number of aliphatic carboxylic acids is 1. The van der Waals surface area contributed by atoms with E-state index in [1.165, 1.54) is 12.8 Å². The van der Waals surface area contributed by atoms with Crippen LogP contribution in [0.1, 0.15) is 18.4 Å². The van der Waals surface area contributed by atoms with Gasteiger partial charge in [0.15, 0.2) is 0 Å². The molecular formula is C14H17NO4. The lowest BCUT2D eigenvalue weighted by Crippen LogP contribution is -2.19. The van der Waals surface area contributed by atoms with Crippen LogP contribution >= 0.6 is 0 Å². The van der Waals surface area contributed by atoms with E-state index in [0.717, 1.165) is 0 Å². The number of rotatable bonds is 7. The predicted octanol–water partition coefficient (Wildman–Crippen LogP) is 1.68. The van der Waals surface area contributed by atoms with Crippen LogP contribution < -0.4 is 5.32 Å². The molecule has 1 fully saturated rings. The van der Waals surface area contributed by atoms with Gasteiger partial charge in [-0.3, -0.25) is 9.59 Å². The lowest BCUT2D eigenvalue weighted by atomic mass is 10.1. The molecule has 0 aliphatic heterocycles. The second kappa shape index (κ2) is 6.33. The van der Waals surface area contributed by atoms with Crippen LogP contribution in [0.5, 0.6) is 0 Å². The van der Waals surface area contributed by atoms with Gasteiger partial charge in [0, 0.05) is 5.69 Å². The quantitative estimate of drug-likeness (QED) is 0.784. The zero-order chi connectivity index (χ0) is 13.7. The van der Waals surface area contributed by atoms with E-state index in [1.807, 2.05) is 0 Å². The molecule has 2 rings (SSSR count).